The summed E-state index contributed by atoms with van der Waals surface area (Å²) in [6.45, 7) is 6.31. The molecule has 0 radical (unpaired) electrons. The largest absolute Gasteiger partial charge is 0.356 e. The number of rotatable bonds is 7. The van der Waals surface area contributed by atoms with Crippen molar-refractivity contribution in [2.45, 2.75) is 45.1 Å². The van der Waals surface area contributed by atoms with E-state index in [1.807, 2.05) is 0 Å². The molecule has 0 saturated carbocycles. The van der Waals surface area contributed by atoms with E-state index in [2.05, 4.69) is 27.4 Å². The Kier molecular flexibility index (Phi) is 11.5. The van der Waals surface area contributed by atoms with Crippen molar-refractivity contribution in [3.63, 3.8) is 0 Å². The zero-order valence-corrected chi connectivity index (χ0v) is 18.8. The smallest absolute Gasteiger partial charge is 0.191 e. The van der Waals surface area contributed by atoms with Gasteiger partial charge in [-0.2, -0.15) is 0 Å². The van der Waals surface area contributed by atoms with Crippen LogP contribution in [0.2, 0.25) is 5.02 Å². The first-order valence-corrected chi connectivity index (χ1v) is 9.64. The molecular formula is C19H31ClFIN4. The number of unbranched alkanes of at least 4 members (excludes halogenated alkanes) is 1. The van der Waals surface area contributed by atoms with Crippen molar-refractivity contribution in [1.29, 1.82) is 0 Å². The predicted molar refractivity (Wildman–Crippen MR) is 119 cm³/mol. The summed E-state index contributed by atoms with van der Waals surface area (Å²) < 4.78 is 13.8. The number of nitrogens with zero attached hydrogens (tertiary/aromatic N) is 2. The maximum Gasteiger partial charge on any atom is 0.191 e. The van der Waals surface area contributed by atoms with Gasteiger partial charge in [-0.3, -0.25) is 4.99 Å². The van der Waals surface area contributed by atoms with Crippen LogP contribution in [0.25, 0.3) is 0 Å². The van der Waals surface area contributed by atoms with E-state index in [0.29, 0.717) is 29.6 Å². The van der Waals surface area contributed by atoms with Crippen molar-refractivity contribution in [3.05, 3.63) is 34.6 Å². The number of halogens is 3. The van der Waals surface area contributed by atoms with E-state index in [1.165, 1.54) is 25.5 Å². The predicted octanol–water partition coefficient (Wildman–Crippen LogP) is 4.07. The molecule has 1 aliphatic heterocycles. The van der Waals surface area contributed by atoms with Crippen molar-refractivity contribution in [2.24, 2.45) is 4.99 Å². The average Bonchev–Trinajstić information content (AvgIpc) is 2.62. The van der Waals surface area contributed by atoms with Crippen LogP contribution in [-0.4, -0.2) is 50.1 Å². The first-order valence-electron chi connectivity index (χ1n) is 9.26. The molecular weight excluding hydrogens is 466 g/mol. The molecule has 0 aliphatic carbocycles. The van der Waals surface area contributed by atoms with E-state index in [1.54, 1.807) is 19.2 Å². The second kappa shape index (κ2) is 12.7. The van der Waals surface area contributed by atoms with E-state index in [-0.39, 0.29) is 29.8 Å². The number of guanidine groups is 1. The Labute approximate surface area is 179 Å². The van der Waals surface area contributed by atoms with Crippen LogP contribution in [0.1, 0.15) is 38.2 Å². The number of hydrogen-bond donors (Lipinski definition) is 2. The highest BCUT2D eigenvalue weighted by molar-refractivity contribution is 14.0. The number of benzene rings is 1. The number of aliphatic imine (C=N–C) groups is 1. The summed E-state index contributed by atoms with van der Waals surface area (Å²) in [7, 11) is 1.77. The summed E-state index contributed by atoms with van der Waals surface area (Å²) in [4.78, 5) is 6.82. The Hall–Kier alpha value is -0.600. The van der Waals surface area contributed by atoms with Gasteiger partial charge in [0.25, 0.3) is 0 Å². The molecule has 26 heavy (non-hydrogen) atoms. The van der Waals surface area contributed by atoms with Crippen molar-refractivity contribution >= 4 is 41.5 Å². The summed E-state index contributed by atoms with van der Waals surface area (Å²) in [5.41, 5.74) is 0.552. The van der Waals surface area contributed by atoms with Crippen LogP contribution in [-0.2, 0) is 6.42 Å². The number of hydrogen-bond acceptors (Lipinski definition) is 2. The van der Waals surface area contributed by atoms with Gasteiger partial charge in [-0.1, -0.05) is 31.0 Å². The quantitative estimate of drug-likeness (QED) is 0.340. The Morgan fingerprint density at radius 3 is 2.69 bits per heavy atom. The van der Waals surface area contributed by atoms with Crippen LogP contribution in [0.3, 0.4) is 0 Å². The van der Waals surface area contributed by atoms with E-state index in [4.69, 9.17) is 11.6 Å². The van der Waals surface area contributed by atoms with Crippen LogP contribution >= 0.6 is 35.6 Å². The molecule has 2 rings (SSSR count). The van der Waals surface area contributed by atoms with Crippen LogP contribution in [0.5, 0.6) is 0 Å². The molecule has 0 spiro atoms. The second-order valence-electron chi connectivity index (χ2n) is 6.56. The molecule has 2 N–H and O–H groups in total. The van der Waals surface area contributed by atoms with Gasteiger partial charge in [-0.05, 0) is 44.4 Å². The minimum absolute atomic E-state index is 0. The standard InChI is InChI=1S/C19H30ClFN4.HI/c1-3-4-12-25-13-9-15(10-14-25)24-19(22-2)23-11-8-16-17(20)6-5-7-18(16)21;/h5-7,15H,3-4,8-14H2,1-2H3,(H2,22,23,24);1H. The minimum atomic E-state index is -0.253. The van der Waals surface area contributed by atoms with Crippen molar-refractivity contribution in [2.75, 3.05) is 33.2 Å². The van der Waals surface area contributed by atoms with Gasteiger partial charge in [0, 0.05) is 43.3 Å². The summed E-state index contributed by atoms with van der Waals surface area (Å²) in [6, 6.07) is 5.24. The molecule has 0 bridgehead atoms. The lowest BCUT2D eigenvalue weighted by atomic mass is 10.0. The SMILES string of the molecule is CCCCN1CCC(NC(=NC)NCCc2c(F)cccc2Cl)CC1.I. The Morgan fingerprint density at radius 2 is 2.08 bits per heavy atom. The summed E-state index contributed by atoms with van der Waals surface area (Å²) in [5.74, 6) is 0.524. The fraction of sp³-hybridized carbons (Fsp3) is 0.632. The third-order valence-corrected chi connectivity index (χ3v) is 5.06. The van der Waals surface area contributed by atoms with Crippen molar-refractivity contribution < 1.29 is 4.39 Å². The van der Waals surface area contributed by atoms with Gasteiger partial charge in [0.15, 0.2) is 5.96 Å². The van der Waals surface area contributed by atoms with Crippen LogP contribution < -0.4 is 10.6 Å². The topological polar surface area (TPSA) is 39.7 Å². The molecule has 1 aromatic carbocycles. The van der Waals surface area contributed by atoms with Crippen molar-refractivity contribution in [1.82, 2.24) is 15.5 Å². The molecule has 148 valence electrons. The Morgan fingerprint density at radius 1 is 1.35 bits per heavy atom. The van der Waals surface area contributed by atoms with Gasteiger partial charge in [-0.15, -0.1) is 24.0 Å². The lowest BCUT2D eigenvalue weighted by molar-refractivity contribution is 0.203. The van der Waals surface area contributed by atoms with Crippen molar-refractivity contribution in [3.8, 4) is 0 Å². The molecule has 0 atom stereocenters. The highest BCUT2D eigenvalue weighted by Gasteiger charge is 2.19. The van der Waals surface area contributed by atoms with Crippen LogP contribution in [0.15, 0.2) is 23.2 Å². The molecule has 7 heteroatoms. The molecule has 4 nitrogen and oxygen atoms in total. The fourth-order valence-corrected chi connectivity index (χ4v) is 3.41. The first-order chi connectivity index (χ1) is 12.1. The van der Waals surface area contributed by atoms with E-state index in [9.17, 15) is 4.39 Å². The maximum absolute atomic E-state index is 13.8. The van der Waals surface area contributed by atoms with E-state index >= 15 is 0 Å². The monoisotopic (exact) mass is 496 g/mol. The van der Waals surface area contributed by atoms with E-state index in [0.717, 1.165) is 31.9 Å². The van der Waals surface area contributed by atoms with E-state index < -0.39 is 0 Å². The summed E-state index contributed by atoms with van der Waals surface area (Å²) >= 11 is 6.07. The highest BCUT2D eigenvalue weighted by Crippen LogP contribution is 2.19. The second-order valence-corrected chi connectivity index (χ2v) is 6.97. The first kappa shape index (κ1) is 23.4. The molecule has 1 aromatic rings. The van der Waals surface area contributed by atoms with Gasteiger partial charge >= 0.3 is 0 Å². The maximum atomic E-state index is 13.8. The third-order valence-electron chi connectivity index (χ3n) is 4.71. The molecule has 0 amide bonds. The van der Waals surface area contributed by atoms with Crippen LogP contribution in [0.4, 0.5) is 4.39 Å². The Bertz CT molecular complexity index is 542. The molecule has 1 aliphatic rings. The molecule has 0 aromatic heterocycles. The number of likely N-dealkylation sites (tertiary alicyclic amines) is 1. The van der Waals surface area contributed by atoms with Gasteiger partial charge in [0.1, 0.15) is 5.82 Å². The zero-order chi connectivity index (χ0) is 18.1. The van der Waals surface area contributed by atoms with Gasteiger partial charge < -0.3 is 15.5 Å². The van der Waals surface area contributed by atoms with Gasteiger partial charge in [-0.25, -0.2) is 4.39 Å². The number of piperidine rings is 1. The summed E-state index contributed by atoms with van der Waals surface area (Å²) in [6.07, 6.45) is 5.31. The average molecular weight is 497 g/mol. The normalized spacial score (nSPS) is 16.2. The molecule has 1 fully saturated rings. The third kappa shape index (κ3) is 7.56. The zero-order valence-electron chi connectivity index (χ0n) is 15.7. The molecule has 1 saturated heterocycles. The van der Waals surface area contributed by atoms with Crippen LogP contribution in [0, 0.1) is 5.82 Å². The minimum Gasteiger partial charge on any atom is -0.356 e. The highest BCUT2D eigenvalue weighted by atomic mass is 127. The molecule has 1 heterocycles. The summed E-state index contributed by atoms with van der Waals surface area (Å²) in [5, 5.41) is 7.22. The number of nitrogens with one attached hydrogen (secondary N) is 2. The lowest BCUT2D eigenvalue weighted by Crippen LogP contribution is -2.49. The van der Waals surface area contributed by atoms with Gasteiger partial charge in [0.05, 0.1) is 0 Å². The Balaban J connectivity index is 0.00000338. The molecule has 0 unspecified atom stereocenters. The van der Waals surface area contributed by atoms with Gasteiger partial charge in [0.2, 0.25) is 0 Å². The fourth-order valence-electron chi connectivity index (χ4n) is 3.15. The lowest BCUT2D eigenvalue weighted by Gasteiger charge is -2.33.